The highest BCUT2D eigenvalue weighted by molar-refractivity contribution is 7.18. The first-order valence-corrected chi connectivity index (χ1v) is 16.0. The summed E-state index contributed by atoms with van der Waals surface area (Å²) in [6.07, 6.45) is 1.60. The normalized spacial score (nSPS) is 15.7. The van der Waals surface area contributed by atoms with E-state index in [1.165, 1.54) is 30.6 Å². The number of thiophene rings is 1. The summed E-state index contributed by atoms with van der Waals surface area (Å²) < 4.78 is 44.3. The molecule has 240 valence electrons. The fourth-order valence-corrected chi connectivity index (χ4v) is 7.24. The van der Waals surface area contributed by atoms with Crippen molar-refractivity contribution in [2.75, 3.05) is 20.3 Å². The first kappa shape index (κ1) is 30.7. The summed E-state index contributed by atoms with van der Waals surface area (Å²) in [6.45, 7) is 7.07. The highest BCUT2D eigenvalue weighted by atomic mass is 32.1. The van der Waals surface area contributed by atoms with E-state index in [0.29, 0.717) is 48.7 Å². The van der Waals surface area contributed by atoms with Gasteiger partial charge in [0.2, 0.25) is 11.8 Å². The molecular weight excluding hydrogens is 624 g/mol. The third-order valence-corrected chi connectivity index (χ3v) is 9.53. The summed E-state index contributed by atoms with van der Waals surface area (Å²) >= 11 is 1.41. The standard InChI is InChI=1S/C35H31F2N5O4S/c1-4-30(44)41-18-24-15-27(40-42(24)17-19(41)2)34-32(31-26(37)13-23(36)14-28(31)46-9-8-45-3)35-25(7-10-47-35)33(39-34)21-6-5-20-12-29(43)38-16-22(20)11-21/h4-7,10-11,13-15,19H,1,8-9,12,16-18H2,2-3H3,(H,38,43)/t19-/m1/s1. The van der Waals surface area contributed by atoms with Crippen molar-refractivity contribution in [1.82, 2.24) is 25.0 Å². The number of ether oxygens (including phenoxy) is 2. The van der Waals surface area contributed by atoms with Crippen molar-refractivity contribution in [3.63, 3.8) is 0 Å². The summed E-state index contributed by atoms with van der Waals surface area (Å²) in [6, 6.07) is 11.6. The van der Waals surface area contributed by atoms with Crippen molar-refractivity contribution in [2.24, 2.45) is 0 Å². The molecule has 2 aliphatic rings. The highest BCUT2D eigenvalue weighted by Crippen LogP contribution is 2.47. The quantitative estimate of drug-likeness (QED) is 0.166. The predicted octanol–water partition coefficient (Wildman–Crippen LogP) is 5.89. The Labute approximate surface area is 273 Å². The smallest absolute Gasteiger partial charge is 0.246 e. The van der Waals surface area contributed by atoms with Gasteiger partial charge in [0.25, 0.3) is 0 Å². The second kappa shape index (κ2) is 12.3. The van der Waals surface area contributed by atoms with Crippen molar-refractivity contribution >= 4 is 33.2 Å². The molecule has 0 fully saturated rings. The van der Waals surface area contributed by atoms with Gasteiger partial charge in [-0.1, -0.05) is 18.7 Å². The number of carbonyl (C=O) groups excluding carboxylic acids is 2. The minimum atomic E-state index is -0.798. The lowest BCUT2D eigenvalue weighted by atomic mass is 9.94. The lowest BCUT2D eigenvalue weighted by molar-refractivity contribution is -0.129. The average Bonchev–Trinajstić information content (AvgIpc) is 3.71. The molecule has 0 saturated carbocycles. The number of fused-ring (bicyclic) bond motifs is 3. The molecule has 2 aromatic carbocycles. The summed E-state index contributed by atoms with van der Waals surface area (Å²) in [4.78, 5) is 31.5. The number of rotatable bonds is 8. The number of benzene rings is 2. The minimum Gasteiger partial charge on any atom is -0.490 e. The van der Waals surface area contributed by atoms with E-state index in [-0.39, 0.29) is 42.4 Å². The molecule has 7 rings (SSSR count). The summed E-state index contributed by atoms with van der Waals surface area (Å²) in [7, 11) is 1.52. The van der Waals surface area contributed by atoms with Crippen LogP contribution in [0.5, 0.6) is 5.75 Å². The molecule has 0 bridgehead atoms. The predicted molar refractivity (Wildman–Crippen MR) is 175 cm³/mol. The topological polar surface area (TPSA) is 98.6 Å². The molecule has 2 amide bonds. The van der Waals surface area contributed by atoms with Gasteiger partial charge in [0.1, 0.15) is 35.4 Å². The van der Waals surface area contributed by atoms with Crippen LogP contribution in [0.2, 0.25) is 0 Å². The van der Waals surface area contributed by atoms with Crippen molar-refractivity contribution in [3.05, 3.63) is 89.0 Å². The van der Waals surface area contributed by atoms with Crippen LogP contribution in [-0.2, 0) is 40.4 Å². The zero-order chi connectivity index (χ0) is 32.8. The fourth-order valence-electron chi connectivity index (χ4n) is 6.29. The maximum atomic E-state index is 16.0. The molecule has 9 nitrogen and oxygen atoms in total. The zero-order valence-corrected chi connectivity index (χ0v) is 26.6. The monoisotopic (exact) mass is 655 g/mol. The lowest BCUT2D eigenvalue weighted by Crippen LogP contribution is -2.44. The van der Waals surface area contributed by atoms with Gasteiger partial charge in [-0.3, -0.25) is 14.3 Å². The van der Waals surface area contributed by atoms with Gasteiger partial charge in [-0.25, -0.2) is 13.8 Å². The molecule has 5 aromatic rings. The van der Waals surface area contributed by atoms with Gasteiger partial charge in [0.05, 0.1) is 43.1 Å². The highest BCUT2D eigenvalue weighted by Gasteiger charge is 2.31. The number of amides is 2. The maximum Gasteiger partial charge on any atom is 0.246 e. The Bertz CT molecular complexity index is 2070. The molecule has 47 heavy (non-hydrogen) atoms. The maximum absolute atomic E-state index is 16.0. The number of methoxy groups -OCH3 is 1. The molecule has 3 aromatic heterocycles. The number of carbonyl (C=O) groups is 2. The largest absolute Gasteiger partial charge is 0.490 e. The van der Waals surface area contributed by atoms with Gasteiger partial charge in [0.15, 0.2) is 0 Å². The van der Waals surface area contributed by atoms with Gasteiger partial charge in [-0.05, 0) is 47.7 Å². The zero-order valence-electron chi connectivity index (χ0n) is 25.8. The van der Waals surface area contributed by atoms with Gasteiger partial charge in [-0.15, -0.1) is 11.3 Å². The van der Waals surface area contributed by atoms with Gasteiger partial charge in [-0.2, -0.15) is 5.10 Å². The summed E-state index contributed by atoms with van der Waals surface area (Å²) in [5.41, 5.74) is 5.58. The van der Waals surface area contributed by atoms with E-state index in [4.69, 9.17) is 19.6 Å². The van der Waals surface area contributed by atoms with Crippen LogP contribution in [0.4, 0.5) is 8.78 Å². The van der Waals surface area contributed by atoms with Crippen molar-refractivity contribution in [3.8, 4) is 39.5 Å². The Kier molecular flexibility index (Phi) is 8.06. The second-order valence-electron chi connectivity index (χ2n) is 11.6. The lowest BCUT2D eigenvalue weighted by Gasteiger charge is -2.33. The van der Waals surface area contributed by atoms with E-state index in [1.54, 1.807) is 4.90 Å². The Morgan fingerprint density at radius 2 is 1.98 bits per heavy atom. The van der Waals surface area contributed by atoms with Gasteiger partial charge < -0.3 is 19.7 Å². The Morgan fingerprint density at radius 1 is 1.13 bits per heavy atom. The van der Waals surface area contributed by atoms with Crippen molar-refractivity contribution < 1.29 is 27.8 Å². The number of aromatic nitrogens is 3. The van der Waals surface area contributed by atoms with E-state index in [0.717, 1.165) is 38.5 Å². The van der Waals surface area contributed by atoms with E-state index in [2.05, 4.69) is 11.9 Å². The van der Waals surface area contributed by atoms with Crippen molar-refractivity contribution in [2.45, 2.75) is 39.0 Å². The number of pyridine rings is 1. The van der Waals surface area contributed by atoms with Crippen LogP contribution < -0.4 is 10.1 Å². The minimum absolute atomic E-state index is 0.0218. The van der Waals surface area contributed by atoms with E-state index in [1.807, 2.05) is 47.3 Å². The molecule has 5 heterocycles. The summed E-state index contributed by atoms with van der Waals surface area (Å²) in [5.74, 6) is -1.75. The van der Waals surface area contributed by atoms with E-state index < -0.39 is 11.6 Å². The van der Waals surface area contributed by atoms with Crippen LogP contribution >= 0.6 is 11.3 Å². The molecule has 0 radical (unpaired) electrons. The molecule has 1 atom stereocenters. The van der Waals surface area contributed by atoms with Gasteiger partial charge >= 0.3 is 0 Å². The molecule has 2 aliphatic heterocycles. The molecule has 1 N–H and O–H groups in total. The van der Waals surface area contributed by atoms with E-state index in [9.17, 15) is 14.0 Å². The number of hydrogen-bond acceptors (Lipinski definition) is 7. The number of nitrogens with one attached hydrogen (secondary N) is 1. The fraction of sp³-hybridized carbons (Fsp3) is 0.257. The molecule has 0 saturated heterocycles. The third kappa shape index (κ3) is 5.57. The number of halogens is 2. The van der Waals surface area contributed by atoms with Crippen molar-refractivity contribution in [1.29, 1.82) is 0 Å². The molecule has 12 heteroatoms. The average molecular weight is 656 g/mol. The molecule has 0 spiro atoms. The Balaban J connectivity index is 1.47. The number of hydrogen-bond donors (Lipinski definition) is 1. The van der Waals surface area contributed by atoms with Crippen LogP contribution in [0.25, 0.3) is 43.9 Å². The molecular formula is C35H31F2N5O4S. The van der Waals surface area contributed by atoms with Crippen LogP contribution in [0.3, 0.4) is 0 Å². The van der Waals surface area contributed by atoms with Gasteiger partial charge in [0, 0.05) is 53.0 Å². The van der Waals surface area contributed by atoms with Crippen LogP contribution in [0.15, 0.2) is 60.5 Å². The number of nitrogens with zero attached hydrogens (tertiary/aromatic N) is 4. The molecule has 0 aliphatic carbocycles. The summed E-state index contributed by atoms with van der Waals surface area (Å²) in [5, 5.41) is 10.5. The third-order valence-electron chi connectivity index (χ3n) is 8.59. The van der Waals surface area contributed by atoms with Crippen LogP contribution in [0.1, 0.15) is 23.7 Å². The first-order valence-electron chi connectivity index (χ1n) is 15.2. The SMILES string of the molecule is C=CC(=O)N1Cc2cc(-c3nc(-c4ccc5c(c4)CNC(=O)C5)c4ccsc4c3-c3c(F)cc(F)cc3OCCOC)nn2C[C@H]1C. The molecule has 0 unspecified atom stereocenters. The van der Waals surface area contributed by atoms with E-state index >= 15 is 4.39 Å². The first-order chi connectivity index (χ1) is 22.7. The Hall–Kier alpha value is -4.94. The Morgan fingerprint density at radius 3 is 2.79 bits per heavy atom. The van der Waals surface area contributed by atoms with Crippen LogP contribution in [-0.4, -0.2) is 57.8 Å². The van der Waals surface area contributed by atoms with Crippen LogP contribution in [0, 0.1) is 11.6 Å². The second-order valence-corrected chi connectivity index (χ2v) is 12.5.